The first-order valence-electron chi connectivity index (χ1n) is 4.61. The number of ether oxygens (including phenoxy) is 1. The molecule has 1 amide bonds. The number of methoxy groups -OCH3 is 1. The maximum Gasteiger partial charge on any atom is 0.252 e. The summed E-state index contributed by atoms with van der Waals surface area (Å²) in [7, 11) is 1.47. The van der Waals surface area contributed by atoms with Crippen molar-refractivity contribution >= 4 is 5.91 Å². The van der Waals surface area contributed by atoms with Crippen LogP contribution in [0.5, 0.6) is 0 Å². The lowest BCUT2D eigenvalue weighted by atomic mass is 10.0. The van der Waals surface area contributed by atoms with Gasteiger partial charge in [0.05, 0.1) is 6.07 Å². The highest BCUT2D eigenvalue weighted by Crippen LogP contribution is 2.09. The molecule has 1 N–H and O–H groups in total. The second kappa shape index (κ2) is 4.97. The zero-order valence-electron chi connectivity index (χ0n) is 9.42. The summed E-state index contributed by atoms with van der Waals surface area (Å²) < 4.78 is 5.00. The van der Waals surface area contributed by atoms with Crippen molar-refractivity contribution in [1.82, 2.24) is 5.32 Å². The Morgan fingerprint density at radius 1 is 1.50 bits per heavy atom. The van der Waals surface area contributed by atoms with Crippen LogP contribution in [0.3, 0.4) is 0 Å². The number of nitrogens with zero attached hydrogens (tertiary/aromatic N) is 1. The fourth-order valence-corrected chi connectivity index (χ4v) is 0.756. The monoisotopic (exact) mass is 198 g/mol. The zero-order chi connectivity index (χ0) is 11.4. The van der Waals surface area contributed by atoms with Crippen molar-refractivity contribution in [3.8, 4) is 6.07 Å². The lowest BCUT2D eigenvalue weighted by molar-refractivity contribution is -0.140. The van der Waals surface area contributed by atoms with Gasteiger partial charge in [-0.05, 0) is 19.8 Å². The lowest BCUT2D eigenvalue weighted by Crippen LogP contribution is -2.48. The van der Waals surface area contributed by atoms with Crippen LogP contribution in [0, 0.1) is 17.2 Å². The minimum absolute atomic E-state index is 0.0941. The highest BCUT2D eigenvalue weighted by atomic mass is 16.5. The van der Waals surface area contributed by atoms with Crippen LogP contribution in [0.2, 0.25) is 0 Å². The first kappa shape index (κ1) is 12.9. The van der Waals surface area contributed by atoms with E-state index in [1.54, 1.807) is 13.8 Å². The quantitative estimate of drug-likeness (QED) is 0.735. The average Bonchev–Trinajstić information content (AvgIpc) is 2.12. The summed E-state index contributed by atoms with van der Waals surface area (Å²) in [6.45, 7) is 7.09. The number of amides is 1. The second-order valence-electron chi connectivity index (χ2n) is 4.04. The van der Waals surface area contributed by atoms with Gasteiger partial charge >= 0.3 is 0 Å². The molecule has 4 nitrogen and oxygen atoms in total. The molecule has 0 saturated carbocycles. The molecule has 0 saturated heterocycles. The summed E-state index contributed by atoms with van der Waals surface area (Å²) in [5, 5.41) is 11.4. The fraction of sp³-hybridized carbons (Fsp3) is 0.800. The largest absolute Gasteiger partial charge is 0.369 e. The standard InChI is InChI=1S/C10H18N2O2/c1-7(2)8(6-11)12-9(13)10(3,4)14-5/h7-8H,1-5H3,(H,12,13). The third-order valence-electron chi connectivity index (χ3n) is 2.15. The Morgan fingerprint density at radius 3 is 2.29 bits per heavy atom. The molecule has 0 bridgehead atoms. The van der Waals surface area contributed by atoms with Gasteiger partial charge in [-0.15, -0.1) is 0 Å². The van der Waals surface area contributed by atoms with Crippen LogP contribution >= 0.6 is 0 Å². The molecule has 1 unspecified atom stereocenters. The predicted molar refractivity (Wildman–Crippen MR) is 53.5 cm³/mol. The molecule has 0 aromatic heterocycles. The van der Waals surface area contributed by atoms with Crippen molar-refractivity contribution in [2.45, 2.75) is 39.3 Å². The lowest BCUT2D eigenvalue weighted by Gasteiger charge is -2.24. The van der Waals surface area contributed by atoms with Gasteiger partial charge in [0.15, 0.2) is 0 Å². The van der Waals surface area contributed by atoms with Gasteiger partial charge < -0.3 is 10.1 Å². The summed E-state index contributed by atoms with van der Waals surface area (Å²) >= 11 is 0. The topological polar surface area (TPSA) is 62.1 Å². The molecule has 80 valence electrons. The van der Waals surface area contributed by atoms with Gasteiger partial charge in [0.1, 0.15) is 11.6 Å². The smallest absolute Gasteiger partial charge is 0.252 e. The SMILES string of the molecule is COC(C)(C)C(=O)NC(C#N)C(C)C. The van der Waals surface area contributed by atoms with Gasteiger partial charge in [-0.3, -0.25) is 4.79 Å². The van der Waals surface area contributed by atoms with Crippen molar-refractivity contribution in [3.05, 3.63) is 0 Å². The summed E-state index contributed by atoms with van der Waals surface area (Å²) in [6.07, 6.45) is 0. The van der Waals surface area contributed by atoms with E-state index in [0.717, 1.165) is 0 Å². The number of carbonyl (C=O) groups excluding carboxylic acids is 1. The summed E-state index contributed by atoms with van der Waals surface area (Å²) in [5.74, 6) is -0.170. The molecule has 0 fully saturated rings. The van der Waals surface area contributed by atoms with Crippen molar-refractivity contribution < 1.29 is 9.53 Å². The van der Waals surface area contributed by atoms with E-state index >= 15 is 0 Å². The van der Waals surface area contributed by atoms with E-state index in [2.05, 4.69) is 5.32 Å². The van der Waals surface area contributed by atoms with Crippen molar-refractivity contribution in [1.29, 1.82) is 5.26 Å². The van der Waals surface area contributed by atoms with Crippen LogP contribution in [0.15, 0.2) is 0 Å². The maximum atomic E-state index is 11.6. The predicted octanol–water partition coefficient (Wildman–Crippen LogP) is 1.08. The van der Waals surface area contributed by atoms with E-state index in [4.69, 9.17) is 10.00 Å². The normalized spacial score (nSPS) is 13.5. The molecule has 0 radical (unpaired) electrons. The Morgan fingerprint density at radius 2 is 2.00 bits per heavy atom. The summed E-state index contributed by atoms with van der Waals surface area (Å²) in [5.41, 5.74) is -0.885. The zero-order valence-corrected chi connectivity index (χ0v) is 9.42. The van der Waals surface area contributed by atoms with E-state index in [0.29, 0.717) is 0 Å². The highest BCUT2D eigenvalue weighted by Gasteiger charge is 2.29. The minimum atomic E-state index is -0.885. The van der Waals surface area contributed by atoms with Gasteiger partial charge in [-0.1, -0.05) is 13.8 Å². The molecule has 0 heterocycles. The number of hydrogen-bond donors (Lipinski definition) is 1. The van der Waals surface area contributed by atoms with Gasteiger partial charge in [0.2, 0.25) is 0 Å². The van der Waals surface area contributed by atoms with Crippen LogP contribution in [0.4, 0.5) is 0 Å². The van der Waals surface area contributed by atoms with E-state index < -0.39 is 11.6 Å². The molecule has 0 aliphatic heterocycles. The van der Waals surface area contributed by atoms with Gasteiger partial charge in [0, 0.05) is 7.11 Å². The molecule has 0 aromatic rings. The van der Waals surface area contributed by atoms with Gasteiger partial charge in [-0.2, -0.15) is 5.26 Å². The number of nitrogens with one attached hydrogen (secondary N) is 1. The molecule has 0 aromatic carbocycles. The highest BCUT2D eigenvalue weighted by molar-refractivity contribution is 5.84. The molecule has 0 rings (SSSR count). The van der Waals surface area contributed by atoms with E-state index in [9.17, 15) is 4.79 Å². The molecule has 4 heteroatoms. The number of rotatable bonds is 4. The second-order valence-corrected chi connectivity index (χ2v) is 4.04. The molecule has 0 spiro atoms. The third-order valence-corrected chi connectivity index (χ3v) is 2.15. The van der Waals surface area contributed by atoms with E-state index in [1.165, 1.54) is 7.11 Å². The maximum absolute atomic E-state index is 11.6. The Labute approximate surface area is 85.2 Å². The Kier molecular flexibility index (Phi) is 4.58. The molecule has 0 aliphatic carbocycles. The van der Waals surface area contributed by atoms with E-state index in [1.807, 2.05) is 19.9 Å². The van der Waals surface area contributed by atoms with Crippen LogP contribution in [0.25, 0.3) is 0 Å². The van der Waals surface area contributed by atoms with Crippen LogP contribution < -0.4 is 5.32 Å². The van der Waals surface area contributed by atoms with Crippen LogP contribution in [0.1, 0.15) is 27.7 Å². The fourth-order valence-electron chi connectivity index (χ4n) is 0.756. The number of hydrogen-bond acceptors (Lipinski definition) is 3. The Hall–Kier alpha value is -1.08. The van der Waals surface area contributed by atoms with Gasteiger partial charge in [0.25, 0.3) is 5.91 Å². The Bertz CT molecular complexity index is 241. The van der Waals surface area contributed by atoms with Crippen LogP contribution in [-0.4, -0.2) is 24.7 Å². The summed E-state index contributed by atoms with van der Waals surface area (Å²) in [4.78, 5) is 11.6. The molecule has 14 heavy (non-hydrogen) atoms. The molecular formula is C10H18N2O2. The minimum Gasteiger partial charge on any atom is -0.369 e. The number of nitriles is 1. The van der Waals surface area contributed by atoms with Crippen LogP contribution in [-0.2, 0) is 9.53 Å². The van der Waals surface area contributed by atoms with E-state index in [-0.39, 0.29) is 11.8 Å². The van der Waals surface area contributed by atoms with Crippen molar-refractivity contribution in [3.63, 3.8) is 0 Å². The van der Waals surface area contributed by atoms with Crippen molar-refractivity contribution in [2.24, 2.45) is 5.92 Å². The average molecular weight is 198 g/mol. The molecular weight excluding hydrogens is 180 g/mol. The van der Waals surface area contributed by atoms with Gasteiger partial charge in [-0.25, -0.2) is 0 Å². The first-order chi connectivity index (χ1) is 6.35. The number of carbonyl (C=O) groups is 1. The summed E-state index contributed by atoms with van der Waals surface area (Å²) in [6, 6.07) is 1.58. The third kappa shape index (κ3) is 3.35. The molecule has 0 aliphatic rings. The van der Waals surface area contributed by atoms with Crippen molar-refractivity contribution in [2.75, 3.05) is 7.11 Å². The molecule has 1 atom stereocenters. The Balaban J connectivity index is 4.39. The first-order valence-corrected chi connectivity index (χ1v) is 4.61.